The molecule has 1 amide bonds. The number of halogens is 1. The quantitative estimate of drug-likeness (QED) is 0.607. The van der Waals surface area contributed by atoms with Crippen molar-refractivity contribution in [2.75, 3.05) is 32.1 Å². The van der Waals surface area contributed by atoms with Crippen molar-refractivity contribution >= 4 is 11.9 Å². The molecular weight excluding hydrogens is 397 g/mol. The molecular formula is C23H24FN5O2. The lowest BCUT2D eigenvalue weighted by Gasteiger charge is -2.27. The molecule has 31 heavy (non-hydrogen) atoms. The molecule has 2 aromatic heterocycles. The highest BCUT2D eigenvalue weighted by Gasteiger charge is 2.33. The first-order chi connectivity index (χ1) is 15.0. The fourth-order valence-corrected chi connectivity index (χ4v) is 3.74. The Hall–Kier alpha value is -3.55. The second-order valence-electron chi connectivity index (χ2n) is 7.56. The van der Waals surface area contributed by atoms with Crippen molar-refractivity contribution in [2.45, 2.75) is 18.9 Å². The molecule has 0 saturated carbocycles. The van der Waals surface area contributed by atoms with E-state index in [0.717, 1.165) is 29.7 Å². The maximum atomic E-state index is 13.8. The summed E-state index contributed by atoms with van der Waals surface area (Å²) in [6, 6.07) is 9.68. The second-order valence-corrected chi connectivity index (χ2v) is 7.56. The molecule has 4 rings (SSSR count). The number of hydrogen-bond donors (Lipinski definition) is 0. The smallest absolute Gasteiger partial charge is 0.261 e. The molecule has 0 N–H and O–H groups in total. The second kappa shape index (κ2) is 9.07. The van der Waals surface area contributed by atoms with E-state index in [1.165, 1.54) is 12.1 Å². The number of hydrogen-bond acceptors (Lipinski definition) is 6. The van der Waals surface area contributed by atoms with Crippen LogP contribution >= 0.6 is 0 Å². The Morgan fingerprint density at radius 1 is 1.23 bits per heavy atom. The number of carbonyl (C=O) groups is 1. The number of amides is 1. The van der Waals surface area contributed by atoms with E-state index in [-0.39, 0.29) is 24.3 Å². The predicted octanol–water partition coefficient (Wildman–Crippen LogP) is 3.49. The topological polar surface area (TPSA) is 71.5 Å². The third-order valence-electron chi connectivity index (χ3n) is 5.27. The van der Waals surface area contributed by atoms with E-state index in [2.05, 4.69) is 9.97 Å². The van der Waals surface area contributed by atoms with Gasteiger partial charge < -0.3 is 14.5 Å². The van der Waals surface area contributed by atoms with Crippen molar-refractivity contribution in [2.24, 2.45) is 0 Å². The molecule has 160 valence electrons. The van der Waals surface area contributed by atoms with Gasteiger partial charge in [-0.25, -0.2) is 14.4 Å². The van der Waals surface area contributed by atoms with Gasteiger partial charge in [0.25, 0.3) is 5.91 Å². The van der Waals surface area contributed by atoms with Crippen LogP contribution in [-0.2, 0) is 4.79 Å². The first-order valence-corrected chi connectivity index (χ1v) is 10.2. The van der Waals surface area contributed by atoms with Gasteiger partial charge in [-0.15, -0.1) is 0 Å². The predicted molar refractivity (Wildman–Crippen MR) is 115 cm³/mol. The SMILES string of the molecule is CN(C)c1ncc(-c2ccncc2)c([C@@H]2CCCN2C(=O)COc2ccccc2F)n1. The molecule has 8 heteroatoms. The lowest BCUT2D eigenvalue weighted by Crippen LogP contribution is -2.35. The van der Waals surface area contributed by atoms with Crippen molar-refractivity contribution in [1.29, 1.82) is 0 Å². The minimum atomic E-state index is -0.486. The highest BCUT2D eigenvalue weighted by Crippen LogP contribution is 2.37. The molecule has 3 aromatic rings. The van der Waals surface area contributed by atoms with E-state index in [1.807, 2.05) is 31.1 Å². The van der Waals surface area contributed by atoms with Crippen LogP contribution in [-0.4, -0.2) is 53.0 Å². The van der Waals surface area contributed by atoms with E-state index in [0.29, 0.717) is 12.5 Å². The van der Waals surface area contributed by atoms with Gasteiger partial charge in [0, 0.05) is 44.8 Å². The molecule has 0 aliphatic carbocycles. The number of para-hydroxylation sites is 1. The van der Waals surface area contributed by atoms with E-state index >= 15 is 0 Å². The van der Waals surface area contributed by atoms with Gasteiger partial charge in [-0.1, -0.05) is 12.1 Å². The Morgan fingerprint density at radius 2 is 2.00 bits per heavy atom. The number of pyridine rings is 1. The Kier molecular flexibility index (Phi) is 6.06. The summed E-state index contributed by atoms with van der Waals surface area (Å²) in [6.45, 7) is 0.370. The summed E-state index contributed by atoms with van der Waals surface area (Å²) in [5.41, 5.74) is 2.60. The number of nitrogens with zero attached hydrogens (tertiary/aromatic N) is 5. The number of anilines is 1. The van der Waals surface area contributed by atoms with E-state index < -0.39 is 5.82 Å². The van der Waals surface area contributed by atoms with Gasteiger partial charge in [0.2, 0.25) is 5.95 Å². The van der Waals surface area contributed by atoms with Gasteiger partial charge in [0.1, 0.15) is 0 Å². The van der Waals surface area contributed by atoms with Gasteiger partial charge in [-0.2, -0.15) is 0 Å². The zero-order valence-electron chi connectivity index (χ0n) is 17.5. The van der Waals surface area contributed by atoms with Crippen molar-refractivity contribution in [3.8, 4) is 16.9 Å². The lowest BCUT2D eigenvalue weighted by molar-refractivity contribution is -0.134. The lowest BCUT2D eigenvalue weighted by atomic mass is 10.0. The molecule has 0 spiro atoms. The Morgan fingerprint density at radius 3 is 2.74 bits per heavy atom. The summed E-state index contributed by atoms with van der Waals surface area (Å²) in [7, 11) is 3.76. The molecule has 0 unspecified atom stereocenters. The maximum Gasteiger partial charge on any atom is 0.261 e. The van der Waals surface area contributed by atoms with Gasteiger partial charge in [0.15, 0.2) is 18.2 Å². The number of rotatable bonds is 6. The van der Waals surface area contributed by atoms with Crippen molar-refractivity contribution < 1.29 is 13.9 Å². The average Bonchev–Trinajstić information content (AvgIpc) is 3.28. The van der Waals surface area contributed by atoms with Crippen LogP contribution in [0.2, 0.25) is 0 Å². The maximum absolute atomic E-state index is 13.8. The molecule has 1 aromatic carbocycles. The van der Waals surface area contributed by atoms with Crippen LogP contribution in [0.1, 0.15) is 24.6 Å². The Balaban J connectivity index is 1.62. The van der Waals surface area contributed by atoms with Gasteiger partial charge in [-0.05, 0) is 42.7 Å². The van der Waals surface area contributed by atoms with E-state index in [1.54, 1.807) is 35.6 Å². The minimum absolute atomic E-state index is 0.0704. The fraction of sp³-hybridized carbons (Fsp3) is 0.304. The number of ether oxygens (including phenoxy) is 1. The number of aromatic nitrogens is 3. The van der Waals surface area contributed by atoms with Crippen LogP contribution in [0.4, 0.5) is 10.3 Å². The van der Waals surface area contributed by atoms with Crippen LogP contribution in [0.15, 0.2) is 55.0 Å². The molecule has 1 aliphatic rings. The monoisotopic (exact) mass is 421 g/mol. The first kappa shape index (κ1) is 20.7. The van der Waals surface area contributed by atoms with Crippen LogP contribution in [0.3, 0.4) is 0 Å². The fourth-order valence-electron chi connectivity index (χ4n) is 3.74. The van der Waals surface area contributed by atoms with Gasteiger partial charge in [0.05, 0.1) is 11.7 Å². The molecule has 1 saturated heterocycles. The summed E-state index contributed by atoms with van der Waals surface area (Å²) in [6.07, 6.45) is 6.88. The average molecular weight is 421 g/mol. The Bertz CT molecular complexity index is 1060. The van der Waals surface area contributed by atoms with E-state index in [9.17, 15) is 9.18 Å². The number of likely N-dealkylation sites (tertiary alicyclic amines) is 1. The number of carbonyl (C=O) groups excluding carboxylic acids is 1. The van der Waals surface area contributed by atoms with Crippen LogP contribution in [0.25, 0.3) is 11.1 Å². The molecule has 1 aliphatic heterocycles. The standard InChI is InChI=1S/C23H24FN5O2/c1-28(2)23-26-14-17(16-9-11-25-12-10-16)22(27-23)19-7-5-13-29(19)21(30)15-31-20-8-4-3-6-18(20)24/h3-4,6,8-12,14,19H,5,7,13,15H2,1-2H3/t19-/m0/s1. The van der Waals surface area contributed by atoms with Crippen molar-refractivity contribution in [1.82, 2.24) is 19.9 Å². The summed E-state index contributed by atoms with van der Waals surface area (Å²) < 4.78 is 19.3. The first-order valence-electron chi connectivity index (χ1n) is 10.2. The summed E-state index contributed by atoms with van der Waals surface area (Å²) in [4.78, 5) is 30.0. The highest BCUT2D eigenvalue weighted by atomic mass is 19.1. The van der Waals surface area contributed by atoms with Crippen LogP contribution in [0, 0.1) is 5.82 Å². The third-order valence-corrected chi connectivity index (χ3v) is 5.27. The van der Waals surface area contributed by atoms with Crippen molar-refractivity contribution in [3.63, 3.8) is 0 Å². The minimum Gasteiger partial charge on any atom is -0.481 e. The summed E-state index contributed by atoms with van der Waals surface area (Å²) in [5, 5.41) is 0. The Labute approximate surface area is 180 Å². The molecule has 1 atom stereocenters. The molecule has 0 radical (unpaired) electrons. The summed E-state index contributed by atoms with van der Waals surface area (Å²) in [5.74, 6) is -0.0353. The summed E-state index contributed by atoms with van der Waals surface area (Å²) >= 11 is 0. The van der Waals surface area contributed by atoms with E-state index in [4.69, 9.17) is 9.72 Å². The van der Waals surface area contributed by atoms with Crippen LogP contribution < -0.4 is 9.64 Å². The largest absolute Gasteiger partial charge is 0.481 e. The molecule has 0 bridgehead atoms. The highest BCUT2D eigenvalue weighted by molar-refractivity contribution is 5.79. The zero-order chi connectivity index (χ0) is 21.8. The normalized spacial score (nSPS) is 15.7. The molecule has 7 nitrogen and oxygen atoms in total. The van der Waals surface area contributed by atoms with Crippen molar-refractivity contribution in [3.05, 3.63) is 66.5 Å². The number of benzene rings is 1. The van der Waals surface area contributed by atoms with Gasteiger partial charge >= 0.3 is 0 Å². The molecule has 1 fully saturated rings. The van der Waals surface area contributed by atoms with Gasteiger partial charge in [-0.3, -0.25) is 9.78 Å². The van der Waals surface area contributed by atoms with Crippen LogP contribution in [0.5, 0.6) is 5.75 Å². The zero-order valence-corrected chi connectivity index (χ0v) is 17.5. The third kappa shape index (κ3) is 4.47. The molecule has 3 heterocycles.